The lowest BCUT2D eigenvalue weighted by atomic mass is 10.0. The van der Waals surface area contributed by atoms with Crippen molar-refractivity contribution in [2.45, 2.75) is 20.3 Å². The molecule has 0 saturated heterocycles. The Kier molecular flexibility index (Phi) is 2.92. The molecule has 1 heterocycles. The van der Waals surface area contributed by atoms with E-state index in [0.29, 0.717) is 5.71 Å². The number of benzene rings is 1. The van der Waals surface area contributed by atoms with Gasteiger partial charge >= 0.3 is 0 Å². The predicted octanol–water partition coefficient (Wildman–Crippen LogP) is 2.25. The molecule has 1 unspecified atom stereocenters. The molecule has 86 valence electrons. The predicted molar refractivity (Wildman–Crippen MR) is 65.5 cm³/mol. The second kappa shape index (κ2) is 4.38. The van der Waals surface area contributed by atoms with Gasteiger partial charge in [-0.1, -0.05) is 17.7 Å². The zero-order valence-electron chi connectivity index (χ0n) is 9.84. The quantitative estimate of drug-likeness (QED) is 0.778. The van der Waals surface area contributed by atoms with Crippen LogP contribution < -0.4 is 5.01 Å². The normalized spacial score (nSPS) is 19.1. The molecule has 0 N–H and O–H groups in total. The fourth-order valence-corrected chi connectivity index (χ4v) is 1.80. The molecule has 0 aromatic heterocycles. The van der Waals surface area contributed by atoms with Gasteiger partial charge in [-0.2, -0.15) is 10.4 Å². The SMILES string of the molecule is CC1=NN(c2ccc(C)cc2)C(=O)C1CC#N. The molecule has 0 spiro atoms. The fraction of sp³-hybridized carbons (Fsp3) is 0.308. The number of hydrazone groups is 1. The van der Waals surface area contributed by atoms with E-state index in [2.05, 4.69) is 5.10 Å². The number of hydrogen-bond donors (Lipinski definition) is 0. The topological polar surface area (TPSA) is 56.5 Å². The number of rotatable bonds is 2. The van der Waals surface area contributed by atoms with Crippen molar-refractivity contribution in [2.75, 3.05) is 5.01 Å². The molecule has 1 aliphatic rings. The van der Waals surface area contributed by atoms with Gasteiger partial charge in [0, 0.05) is 5.71 Å². The van der Waals surface area contributed by atoms with E-state index >= 15 is 0 Å². The summed E-state index contributed by atoms with van der Waals surface area (Å²) in [5.74, 6) is -0.505. The molecule has 0 aliphatic carbocycles. The van der Waals surface area contributed by atoms with Crippen molar-refractivity contribution in [1.82, 2.24) is 0 Å². The third kappa shape index (κ3) is 2.04. The third-order valence-corrected chi connectivity index (χ3v) is 2.84. The molecule has 1 amide bonds. The maximum absolute atomic E-state index is 12.1. The summed E-state index contributed by atoms with van der Waals surface area (Å²) in [6.07, 6.45) is 0.191. The minimum Gasteiger partial charge on any atom is -0.272 e. The van der Waals surface area contributed by atoms with E-state index < -0.39 is 0 Å². The first-order valence-electron chi connectivity index (χ1n) is 5.46. The number of anilines is 1. The van der Waals surface area contributed by atoms with Crippen LogP contribution in [0.3, 0.4) is 0 Å². The van der Waals surface area contributed by atoms with Crippen LogP contribution in [-0.4, -0.2) is 11.6 Å². The van der Waals surface area contributed by atoms with E-state index in [1.807, 2.05) is 37.3 Å². The molecule has 1 atom stereocenters. The molecule has 1 aliphatic heterocycles. The first-order chi connectivity index (χ1) is 8.13. The van der Waals surface area contributed by atoms with E-state index in [9.17, 15) is 4.79 Å². The van der Waals surface area contributed by atoms with Crippen molar-refractivity contribution < 1.29 is 4.79 Å². The van der Waals surface area contributed by atoms with Gasteiger partial charge in [-0.3, -0.25) is 4.79 Å². The lowest BCUT2D eigenvalue weighted by Gasteiger charge is -2.13. The van der Waals surface area contributed by atoms with Gasteiger partial charge in [-0.25, -0.2) is 5.01 Å². The smallest absolute Gasteiger partial charge is 0.257 e. The fourth-order valence-electron chi connectivity index (χ4n) is 1.80. The van der Waals surface area contributed by atoms with Crippen LogP contribution in [0.15, 0.2) is 29.4 Å². The van der Waals surface area contributed by atoms with Gasteiger partial charge in [0.1, 0.15) is 0 Å². The Labute approximate surface area is 100 Å². The van der Waals surface area contributed by atoms with Gasteiger partial charge in [-0.05, 0) is 26.0 Å². The molecule has 1 aromatic rings. The van der Waals surface area contributed by atoms with Crippen molar-refractivity contribution in [1.29, 1.82) is 5.26 Å². The summed E-state index contributed by atoms with van der Waals surface area (Å²) in [5.41, 5.74) is 2.59. The minimum atomic E-state index is -0.388. The van der Waals surface area contributed by atoms with Crippen molar-refractivity contribution in [2.24, 2.45) is 11.0 Å². The molecule has 0 fully saturated rings. The molecule has 0 bridgehead atoms. The van der Waals surface area contributed by atoms with Crippen molar-refractivity contribution in [3.63, 3.8) is 0 Å². The maximum atomic E-state index is 12.1. The average Bonchev–Trinajstić information content (AvgIpc) is 2.59. The van der Waals surface area contributed by atoms with Gasteiger partial charge in [0.05, 0.1) is 24.1 Å². The summed E-state index contributed by atoms with van der Waals surface area (Å²) < 4.78 is 0. The van der Waals surface area contributed by atoms with Crippen LogP contribution in [0.2, 0.25) is 0 Å². The zero-order valence-corrected chi connectivity index (χ0v) is 9.84. The minimum absolute atomic E-state index is 0.118. The van der Waals surface area contributed by atoms with E-state index in [0.717, 1.165) is 11.3 Å². The van der Waals surface area contributed by atoms with Crippen molar-refractivity contribution in [3.8, 4) is 6.07 Å². The van der Waals surface area contributed by atoms with Crippen LogP contribution in [0.5, 0.6) is 0 Å². The van der Waals surface area contributed by atoms with Crippen LogP contribution in [0.4, 0.5) is 5.69 Å². The Hall–Kier alpha value is -2.15. The zero-order chi connectivity index (χ0) is 12.4. The van der Waals surface area contributed by atoms with Crippen LogP contribution in [0, 0.1) is 24.2 Å². The lowest BCUT2D eigenvalue weighted by Crippen LogP contribution is -2.26. The Morgan fingerprint density at radius 1 is 1.35 bits per heavy atom. The van der Waals surface area contributed by atoms with Crippen LogP contribution in [0.25, 0.3) is 0 Å². The summed E-state index contributed by atoms with van der Waals surface area (Å²) in [7, 11) is 0. The standard InChI is InChI=1S/C13H13N3O/c1-9-3-5-11(6-4-9)16-13(17)12(7-8-14)10(2)15-16/h3-6,12H,7H2,1-2H3. The maximum Gasteiger partial charge on any atom is 0.257 e. The lowest BCUT2D eigenvalue weighted by molar-refractivity contribution is -0.119. The van der Waals surface area contributed by atoms with Gasteiger partial charge < -0.3 is 0 Å². The number of nitriles is 1. The second-order valence-electron chi connectivity index (χ2n) is 4.14. The van der Waals surface area contributed by atoms with Crippen molar-refractivity contribution >= 4 is 17.3 Å². The highest BCUT2D eigenvalue weighted by molar-refractivity contribution is 6.14. The molecular weight excluding hydrogens is 214 g/mol. The second-order valence-corrected chi connectivity index (χ2v) is 4.14. The summed E-state index contributed by atoms with van der Waals surface area (Å²) in [6, 6.07) is 9.61. The monoisotopic (exact) mass is 227 g/mol. The largest absolute Gasteiger partial charge is 0.272 e. The third-order valence-electron chi connectivity index (χ3n) is 2.84. The highest BCUT2D eigenvalue weighted by Crippen LogP contribution is 2.25. The van der Waals surface area contributed by atoms with Crippen LogP contribution >= 0.6 is 0 Å². The molecule has 2 rings (SSSR count). The molecule has 4 heteroatoms. The van der Waals surface area contributed by atoms with E-state index in [-0.39, 0.29) is 18.2 Å². The highest BCUT2D eigenvalue weighted by atomic mass is 16.2. The number of hydrogen-bond acceptors (Lipinski definition) is 3. The van der Waals surface area contributed by atoms with Gasteiger partial charge in [0.25, 0.3) is 5.91 Å². The van der Waals surface area contributed by atoms with E-state index in [4.69, 9.17) is 5.26 Å². The van der Waals surface area contributed by atoms with E-state index in [1.54, 1.807) is 6.92 Å². The van der Waals surface area contributed by atoms with Gasteiger partial charge in [0.15, 0.2) is 0 Å². The number of nitrogens with zero attached hydrogens (tertiary/aromatic N) is 3. The molecular formula is C13H13N3O. The number of carbonyl (C=O) groups excluding carboxylic acids is 1. The Bertz CT molecular complexity index is 510. The van der Waals surface area contributed by atoms with Gasteiger partial charge in [0.2, 0.25) is 0 Å². The first-order valence-corrected chi connectivity index (χ1v) is 5.46. The molecule has 0 saturated carbocycles. The number of aryl methyl sites for hydroxylation is 1. The van der Waals surface area contributed by atoms with Crippen molar-refractivity contribution in [3.05, 3.63) is 29.8 Å². The van der Waals surface area contributed by atoms with Gasteiger partial charge in [-0.15, -0.1) is 0 Å². The Morgan fingerprint density at radius 2 is 2.00 bits per heavy atom. The Morgan fingerprint density at radius 3 is 2.59 bits per heavy atom. The van der Waals surface area contributed by atoms with E-state index in [1.165, 1.54) is 5.01 Å². The molecule has 0 radical (unpaired) electrons. The average molecular weight is 227 g/mol. The van der Waals surface area contributed by atoms with Crippen LogP contribution in [-0.2, 0) is 4.79 Å². The first kappa shape index (κ1) is 11.3. The molecule has 17 heavy (non-hydrogen) atoms. The molecule has 4 nitrogen and oxygen atoms in total. The summed E-state index contributed by atoms with van der Waals surface area (Å²) in [6.45, 7) is 3.77. The Balaban J connectivity index is 2.28. The highest BCUT2D eigenvalue weighted by Gasteiger charge is 2.33. The summed E-state index contributed by atoms with van der Waals surface area (Å²) in [4.78, 5) is 12.1. The molecule has 1 aromatic carbocycles. The summed E-state index contributed by atoms with van der Waals surface area (Å²) in [5, 5.41) is 14.3. The number of amides is 1. The summed E-state index contributed by atoms with van der Waals surface area (Å²) >= 11 is 0. The number of carbonyl (C=O) groups is 1. The van der Waals surface area contributed by atoms with Crippen LogP contribution in [0.1, 0.15) is 18.9 Å².